The Labute approximate surface area is 116 Å². The summed E-state index contributed by atoms with van der Waals surface area (Å²) in [6, 6.07) is 9.37. The lowest BCUT2D eigenvalue weighted by Crippen LogP contribution is -2.47. The molecule has 0 aromatic heterocycles. The molecule has 2 rings (SSSR count). The van der Waals surface area contributed by atoms with Crippen LogP contribution in [0.15, 0.2) is 24.3 Å². The first-order valence-corrected chi connectivity index (χ1v) is 7.18. The Balaban J connectivity index is 1.94. The average molecular weight is 262 g/mol. The van der Waals surface area contributed by atoms with Crippen molar-refractivity contribution in [3.8, 4) is 5.75 Å². The van der Waals surface area contributed by atoms with Gasteiger partial charge in [0.25, 0.3) is 0 Å². The molecule has 106 valence electrons. The molecule has 1 aromatic carbocycles. The highest BCUT2D eigenvalue weighted by molar-refractivity contribution is 5.28. The van der Waals surface area contributed by atoms with E-state index in [1.165, 1.54) is 25.1 Å². The first-order valence-electron chi connectivity index (χ1n) is 7.18. The summed E-state index contributed by atoms with van der Waals surface area (Å²) >= 11 is 0. The summed E-state index contributed by atoms with van der Waals surface area (Å²) in [5, 5.41) is 3.78. The fraction of sp³-hybridized carbons (Fsp3) is 0.625. The molecule has 3 nitrogen and oxygen atoms in total. The molecular formula is C16H26N2O. The third kappa shape index (κ3) is 3.71. The Morgan fingerprint density at radius 2 is 2.00 bits per heavy atom. The van der Waals surface area contributed by atoms with E-state index in [1.54, 1.807) is 7.11 Å². The quantitative estimate of drug-likeness (QED) is 0.903. The van der Waals surface area contributed by atoms with Crippen molar-refractivity contribution in [1.29, 1.82) is 0 Å². The second-order valence-electron chi connectivity index (χ2n) is 5.80. The van der Waals surface area contributed by atoms with Crippen LogP contribution in [0, 0.1) is 5.92 Å². The van der Waals surface area contributed by atoms with E-state index >= 15 is 0 Å². The number of hydrogen-bond acceptors (Lipinski definition) is 3. The van der Waals surface area contributed by atoms with E-state index in [0.29, 0.717) is 18.0 Å². The van der Waals surface area contributed by atoms with E-state index < -0.39 is 0 Å². The van der Waals surface area contributed by atoms with Crippen molar-refractivity contribution in [3.05, 3.63) is 29.8 Å². The number of nitrogens with one attached hydrogen (secondary N) is 1. The zero-order valence-corrected chi connectivity index (χ0v) is 12.5. The zero-order chi connectivity index (χ0) is 13.8. The highest BCUT2D eigenvalue weighted by atomic mass is 16.5. The van der Waals surface area contributed by atoms with Crippen molar-refractivity contribution in [2.75, 3.05) is 27.2 Å². The molecule has 19 heavy (non-hydrogen) atoms. The summed E-state index contributed by atoms with van der Waals surface area (Å²) in [5.74, 6) is 1.63. The minimum absolute atomic E-state index is 0.391. The maximum absolute atomic E-state index is 5.20. The molecule has 3 unspecified atom stereocenters. The van der Waals surface area contributed by atoms with Gasteiger partial charge in [-0.25, -0.2) is 0 Å². The number of likely N-dealkylation sites (tertiary alicyclic amines) is 1. The van der Waals surface area contributed by atoms with Crippen LogP contribution in [0.4, 0.5) is 0 Å². The topological polar surface area (TPSA) is 24.5 Å². The molecule has 1 aliphatic heterocycles. The first-order chi connectivity index (χ1) is 9.10. The highest BCUT2D eigenvalue weighted by Gasteiger charge is 2.25. The van der Waals surface area contributed by atoms with Gasteiger partial charge in [0, 0.05) is 18.6 Å². The predicted octanol–water partition coefficient (Wildman–Crippen LogP) is 2.69. The van der Waals surface area contributed by atoms with Crippen LogP contribution in [-0.2, 0) is 0 Å². The Bertz CT molecular complexity index is 390. The Kier molecular flexibility index (Phi) is 4.83. The molecular weight excluding hydrogens is 236 g/mol. The Morgan fingerprint density at radius 1 is 1.32 bits per heavy atom. The second-order valence-corrected chi connectivity index (χ2v) is 5.80. The Hall–Kier alpha value is -1.06. The maximum atomic E-state index is 5.20. The highest BCUT2D eigenvalue weighted by Crippen LogP contribution is 2.22. The summed E-state index contributed by atoms with van der Waals surface area (Å²) in [4.78, 5) is 2.42. The van der Waals surface area contributed by atoms with Crippen LogP contribution in [0.1, 0.15) is 31.9 Å². The number of rotatable bonds is 4. The van der Waals surface area contributed by atoms with Crippen molar-refractivity contribution in [1.82, 2.24) is 10.2 Å². The fourth-order valence-electron chi connectivity index (χ4n) is 2.91. The summed E-state index contributed by atoms with van der Waals surface area (Å²) in [5.41, 5.74) is 1.33. The summed E-state index contributed by atoms with van der Waals surface area (Å²) in [7, 11) is 3.91. The molecule has 1 heterocycles. The molecule has 0 saturated carbocycles. The number of piperidine rings is 1. The normalized spacial score (nSPS) is 26.1. The van der Waals surface area contributed by atoms with Gasteiger partial charge in [0.15, 0.2) is 0 Å². The van der Waals surface area contributed by atoms with E-state index in [0.717, 1.165) is 5.75 Å². The van der Waals surface area contributed by atoms with Gasteiger partial charge >= 0.3 is 0 Å². The van der Waals surface area contributed by atoms with Crippen molar-refractivity contribution in [3.63, 3.8) is 0 Å². The van der Waals surface area contributed by atoms with Crippen LogP contribution in [-0.4, -0.2) is 38.2 Å². The second kappa shape index (κ2) is 6.40. The number of methoxy groups -OCH3 is 1. The lowest BCUT2D eigenvalue weighted by Gasteiger charge is -2.37. The third-order valence-corrected chi connectivity index (χ3v) is 4.19. The number of benzene rings is 1. The van der Waals surface area contributed by atoms with Gasteiger partial charge in [0.2, 0.25) is 0 Å². The molecule has 1 fully saturated rings. The summed E-state index contributed by atoms with van der Waals surface area (Å²) < 4.78 is 5.20. The number of ether oxygens (including phenoxy) is 1. The smallest absolute Gasteiger partial charge is 0.118 e. The van der Waals surface area contributed by atoms with Gasteiger partial charge < -0.3 is 15.0 Å². The predicted molar refractivity (Wildman–Crippen MR) is 79.6 cm³/mol. The molecule has 1 saturated heterocycles. The van der Waals surface area contributed by atoms with Crippen LogP contribution in [0.2, 0.25) is 0 Å². The number of hydrogen-bond donors (Lipinski definition) is 1. The average Bonchev–Trinajstić information content (AvgIpc) is 2.42. The largest absolute Gasteiger partial charge is 0.497 e. The van der Waals surface area contributed by atoms with Crippen LogP contribution in [0.3, 0.4) is 0 Å². The van der Waals surface area contributed by atoms with Gasteiger partial charge in [0.1, 0.15) is 5.75 Å². The molecule has 0 radical (unpaired) electrons. The van der Waals surface area contributed by atoms with Crippen LogP contribution >= 0.6 is 0 Å². The van der Waals surface area contributed by atoms with E-state index in [9.17, 15) is 0 Å². The zero-order valence-electron chi connectivity index (χ0n) is 12.5. The van der Waals surface area contributed by atoms with E-state index in [1.807, 2.05) is 12.1 Å². The van der Waals surface area contributed by atoms with Gasteiger partial charge in [0.05, 0.1) is 7.11 Å². The molecule has 1 aromatic rings. The van der Waals surface area contributed by atoms with Gasteiger partial charge in [-0.1, -0.05) is 19.1 Å². The van der Waals surface area contributed by atoms with Crippen molar-refractivity contribution in [2.24, 2.45) is 5.92 Å². The fourth-order valence-corrected chi connectivity index (χ4v) is 2.91. The van der Waals surface area contributed by atoms with E-state index in [2.05, 4.69) is 43.2 Å². The first kappa shape index (κ1) is 14.4. The molecule has 0 aliphatic carbocycles. The van der Waals surface area contributed by atoms with E-state index in [4.69, 9.17) is 4.74 Å². The summed E-state index contributed by atoms with van der Waals surface area (Å²) in [6.45, 7) is 6.96. The van der Waals surface area contributed by atoms with Crippen molar-refractivity contribution < 1.29 is 4.74 Å². The van der Waals surface area contributed by atoms with Gasteiger partial charge in [-0.3, -0.25) is 0 Å². The van der Waals surface area contributed by atoms with Crippen molar-refractivity contribution in [2.45, 2.75) is 32.4 Å². The monoisotopic (exact) mass is 262 g/mol. The molecule has 0 amide bonds. The van der Waals surface area contributed by atoms with Crippen LogP contribution < -0.4 is 10.1 Å². The van der Waals surface area contributed by atoms with Gasteiger partial charge in [-0.05, 0) is 50.6 Å². The van der Waals surface area contributed by atoms with E-state index in [-0.39, 0.29) is 0 Å². The maximum Gasteiger partial charge on any atom is 0.118 e. The van der Waals surface area contributed by atoms with Gasteiger partial charge in [-0.2, -0.15) is 0 Å². The molecule has 0 spiro atoms. The lowest BCUT2D eigenvalue weighted by atomic mass is 9.93. The van der Waals surface area contributed by atoms with Crippen LogP contribution in [0.5, 0.6) is 5.75 Å². The van der Waals surface area contributed by atoms with Crippen molar-refractivity contribution >= 4 is 0 Å². The van der Waals surface area contributed by atoms with Gasteiger partial charge in [-0.15, -0.1) is 0 Å². The molecule has 1 aliphatic rings. The summed E-state index contributed by atoms with van der Waals surface area (Å²) in [6.07, 6.45) is 1.23. The SMILES string of the molecule is COc1ccc(C(C)NC2CCN(C)CC2C)cc1. The molecule has 1 N–H and O–H groups in total. The molecule has 3 heteroatoms. The minimum Gasteiger partial charge on any atom is -0.497 e. The Morgan fingerprint density at radius 3 is 2.58 bits per heavy atom. The standard InChI is InChI=1S/C16H26N2O/c1-12-11-18(3)10-9-16(12)17-13(2)14-5-7-15(19-4)8-6-14/h5-8,12-13,16-17H,9-11H2,1-4H3. The lowest BCUT2D eigenvalue weighted by molar-refractivity contribution is 0.168. The molecule has 3 atom stereocenters. The molecule has 0 bridgehead atoms. The minimum atomic E-state index is 0.391. The van der Waals surface area contributed by atoms with Crippen LogP contribution in [0.25, 0.3) is 0 Å². The number of nitrogens with zero attached hydrogens (tertiary/aromatic N) is 1. The third-order valence-electron chi connectivity index (χ3n) is 4.19.